The summed E-state index contributed by atoms with van der Waals surface area (Å²) in [4.78, 5) is 29.2. The van der Waals surface area contributed by atoms with Gasteiger partial charge in [-0.05, 0) is 85.8 Å². The van der Waals surface area contributed by atoms with Gasteiger partial charge in [-0.3, -0.25) is 9.59 Å². The Balaban J connectivity index is 1.22. The van der Waals surface area contributed by atoms with Crippen LogP contribution in [0.5, 0.6) is 0 Å². The average molecular weight is 510 g/mol. The number of hydrogen-bond donors (Lipinski definition) is 1. The number of carbonyl (C=O) groups excluding carboxylic acids is 2. The number of fused-ring (bicyclic) bond motifs is 1. The molecule has 2 heterocycles. The van der Waals surface area contributed by atoms with Crippen LogP contribution in [0.1, 0.15) is 79.5 Å². The minimum absolute atomic E-state index is 0.0651. The van der Waals surface area contributed by atoms with Crippen molar-refractivity contribution in [1.82, 2.24) is 14.7 Å². The fourth-order valence-corrected chi connectivity index (χ4v) is 5.47. The topological polar surface area (TPSA) is 72.7 Å². The maximum absolute atomic E-state index is 12.8. The molecule has 1 aliphatic rings. The highest BCUT2D eigenvalue weighted by Crippen LogP contribution is 2.37. The van der Waals surface area contributed by atoms with Crippen molar-refractivity contribution in [3.05, 3.63) is 95.9 Å². The van der Waals surface area contributed by atoms with E-state index in [9.17, 15) is 9.59 Å². The molecule has 0 aliphatic heterocycles. The van der Waals surface area contributed by atoms with Crippen LogP contribution >= 0.6 is 0 Å². The first-order valence-corrected chi connectivity index (χ1v) is 13.6. The van der Waals surface area contributed by atoms with Gasteiger partial charge in [-0.15, -0.1) is 0 Å². The van der Waals surface area contributed by atoms with Gasteiger partial charge < -0.3 is 14.5 Å². The summed E-state index contributed by atoms with van der Waals surface area (Å²) in [5, 5.41) is 3.04. The molecule has 0 radical (unpaired) electrons. The Kier molecular flexibility index (Phi) is 7.87. The third-order valence-electron chi connectivity index (χ3n) is 7.65. The molecule has 1 saturated carbocycles. The van der Waals surface area contributed by atoms with Crippen LogP contribution in [0, 0.1) is 5.92 Å². The molecule has 38 heavy (non-hydrogen) atoms. The van der Waals surface area contributed by atoms with Crippen molar-refractivity contribution in [3.8, 4) is 11.1 Å². The molecular formula is C32H35N3O3. The number of aromatic nitrogens is 2. The molecule has 0 bridgehead atoms. The zero-order valence-electron chi connectivity index (χ0n) is 22.1. The summed E-state index contributed by atoms with van der Waals surface area (Å²) in [5.74, 6) is 0.732. The molecule has 1 N–H and O–H groups in total. The minimum Gasteiger partial charge on any atom is -0.466 e. The van der Waals surface area contributed by atoms with Crippen molar-refractivity contribution in [2.24, 2.45) is 5.92 Å². The lowest BCUT2D eigenvalue weighted by atomic mass is 9.77. The Morgan fingerprint density at radius 2 is 1.66 bits per heavy atom. The van der Waals surface area contributed by atoms with Crippen LogP contribution in [0.3, 0.4) is 0 Å². The zero-order chi connectivity index (χ0) is 26.5. The van der Waals surface area contributed by atoms with E-state index in [0.717, 1.165) is 48.0 Å². The second kappa shape index (κ2) is 11.6. The average Bonchev–Trinajstić information content (AvgIpc) is 3.38. The standard InChI is InChI=1S/C32H35N3O3/c1-3-38-31(36)19-23-9-11-25(12-10-23)26-13-15-27(16-14-26)28-17-18-30-34-29(21-35(30)20-28)32(37)33-22(2)24-7-5-4-6-8-24/h4-8,13-18,20-23,25H,3,9-12,19H2,1-2H3,(H,33,37)/t22?,23-,25-. The lowest BCUT2D eigenvalue weighted by Crippen LogP contribution is -2.26. The fourth-order valence-electron chi connectivity index (χ4n) is 5.47. The monoisotopic (exact) mass is 509 g/mol. The van der Waals surface area contributed by atoms with E-state index in [1.807, 2.05) is 66.9 Å². The minimum atomic E-state index is -0.187. The second-order valence-electron chi connectivity index (χ2n) is 10.3. The number of nitrogens with zero attached hydrogens (tertiary/aromatic N) is 2. The van der Waals surface area contributed by atoms with Crippen molar-refractivity contribution in [1.29, 1.82) is 0 Å². The molecule has 4 aromatic rings. The summed E-state index contributed by atoms with van der Waals surface area (Å²) < 4.78 is 7.03. The van der Waals surface area contributed by atoms with E-state index in [1.54, 1.807) is 6.20 Å². The first kappa shape index (κ1) is 25.7. The van der Waals surface area contributed by atoms with Crippen molar-refractivity contribution in [2.45, 2.75) is 57.9 Å². The second-order valence-corrected chi connectivity index (χ2v) is 10.3. The number of nitrogens with one attached hydrogen (secondary N) is 1. The summed E-state index contributed by atoms with van der Waals surface area (Å²) in [6, 6.07) is 22.6. The molecule has 1 atom stereocenters. The molecule has 5 rings (SSSR count). The number of hydrogen-bond acceptors (Lipinski definition) is 4. The normalized spacial score (nSPS) is 18.2. The Morgan fingerprint density at radius 1 is 0.947 bits per heavy atom. The Bertz CT molecular complexity index is 1390. The van der Waals surface area contributed by atoms with Crippen molar-refractivity contribution >= 4 is 17.5 Å². The van der Waals surface area contributed by atoms with Crippen molar-refractivity contribution < 1.29 is 14.3 Å². The molecule has 1 aliphatic carbocycles. The molecular weight excluding hydrogens is 474 g/mol. The molecule has 0 spiro atoms. The van der Waals surface area contributed by atoms with Crippen LogP contribution in [-0.2, 0) is 9.53 Å². The van der Waals surface area contributed by atoms with Gasteiger partial charge in [-0.25, -0.2) is 4.98 Å². The molecule has 196 valence electrons. The smallest absolute Gasteiger partial charge is 0.306 e. The quantitative estimate of drug-likeness (QED) is 0.268. The third-order valence-corrected chi connectivity index (χ3v) is 7.65. The van der Waals surface area contributed by atoms with E-state index in [1.165, 1.54) is 5.56 Å². The van der Waals surface area contributed by atoms with Crippen LogP contribution in [0.4, 0.5) is 0 Å². The van der Waals surface area contributed by atoms with E-state index in [0.29, 0.717) is 30.6 Å². The molecule has 6 heteroatoms. The molecule has 0 saturated heterocycles. The molecule has 1 unspecified atom stereocenters. The number of amides is 1. The predicted octanol–water partition coefficient (Wildman–Crippen LogP) is 6.72. The van der Waals surface area contributed by atoms with Gasteiger partial charge in [0.25, 0.3) is 5.91 Å². The lowest BCUT2D eigenvalue weighted by Gasteiger charge is -2.28. The van der Waals surface area contributed by atoms with Crippen LogP contribution < -0.4 is 5.32 Å². The van der Waals surface area contributed by atoms with Gasteiger partial charge in [-0.2, -0.15) is 0 Å². The van der Waals surface area contributed by atoms with E-state index < -0.39 is 0 Å². The van der Waals surface area contributed by atoms with E-state index in [4.69, 9.17) is 4.74 Å². The molecule has 1 amide bonds. The van der Waals surface area contributed by atoms with Crippen molar-refractivity contribution in [3.63, 3.8) is 0 Å². The maximum atomic E-state index is 12.8. The van der Waals surface area contributed by atoms with E-state index >= 15 is 0 Å². The Hall–Kier alpha value is -3.93. The number of rotatable bonds is 8. The highest BCUT2D eigenvalue weighted by atomic mass is 16.5. The third kappa shape index (κ3) is 5.96. The highest BCUT2D eigenvalue weighted by molar-refractivity contribution is 5.93. The SMILES string of the molecule is CCOC(=O)C[C@H]1CC[C@H](c2ccc(-c3ccc4nc(C(=O)NC(C)c5ccccc5)cn4c3)cc2)CC1. The molecule has 2 aromatic heterocycles. The van der Waals surface area contributed by atoms with Crippen LogP contribution in [-0.4, -0.2) is 27.9 Å². The molecule has 6 nitrogen and oxygen atoms in total. The van der Waals surface area contributed by atoms with Gasteiger partial charge in [0, 0.05) is 18.8 Å². The Morgan fingerprint density at radius 3 is 2.37 bits per heavy atom. The van der Waals surface area contributed by atoms with Crippen LogP contribution in [0.15, 0.2) is 79.1 Å². The van der Waals surface area contributed by atoms with Gasteiger partial charge in [0.1, 0.15) is 11.3 Å². The van der Waals surface area contributed by atoms with Gasteiger partial charge in [0.2, 0.25) is 0 Å². The predicted molar refractivity (Wildman–Crippen MR) is 149 cm³/mol. The number of carbonyl (C=O) groups is 2. The van der Waals surface area contributed by atoms with Gasteiger partial charge >= 0.3 is 5.97 Å². The number of benzene rings is 2. The fraction of sp³-hybridized carbons (Fsp3) is 0.344. The lowest BCUT2D eigenvalue weighted by molar-refractivity contribution is -0.144. The zero-order valence-corrected chi connectivity index (χ0v) is 22.1. The molecule has 1 fully saturated rings. The number of ether oxygens (including phenoxy) is 1. The highest BCUT2D eigenvalue weighted by Gasteiger charge is 2.24. The summed E-state index contributed by atoms with van der Waals surface area (Å²) in [6.07, 6.45) is 8.72. The first-order chi connectivity index (χ1) is 18.5. The van der Waals surface area contributed by atoms with Gasteiger partial charge in [-0.1, -0.05) is 54.6 Å². The Labute approximate surface area is 224 Å². The van der Waals surface area contributed by atoms with Gasteiger partial charge in [0.15, 0.2) is 0 Å². The number of esters is 1. The van der Waals surface area contributed by atoms with Crippen LogP contribution in [0.25, 0.3) is 16.8 Å². The van der Waals surface area contributed by atoms with Crippen LogP contribution in [0.2, 0.25) is 0 Å². The number of pyridine rings is 1. The first-order valence-electron chi connectivity index (χ1n) is 13.6. The summed E-state index contributed by atoms with van der Waals surface area (Å²) in [7, 11) is 0. The maximum Gasteiger partial charge on any atom is 0.306 e. The summed E-state index contributed by atoms with van der Waals surface area (Å²) >= 11 is 0. The van der Waals surface area contributed by atoms with E-state index in [2.05, 4.69) is 34.6 Å². The largest absolute Gasteiger partial charge is 0.466 e. The van der Waals surface area contributed by atoms with Gasteiger partial charge in [0.05, 0.1) is 12.6 Å². The number of imidazole rings is 1. The molecule has 2 aromatic carbocycles. The summed E-state index contributed by atoms with van der Waals surface area (Å²) in [5.41, 5.74) is 5.76. The van der Waals surface area contributed by atoms with E-state index in [-0.39, 0.29) is 17.9 Å². The van der Waals surface area contributed by atoms with Crippen molar-refractivity contribution in [2.75, 3.05) is 6.61 Å². The summed E-state index contributed by atoms with van der Waals surface area (Å²) in [6.45, 7) is 4.29.